The van der Waals surface area contributed by atoms with E-state index in [-0.39, 0.29) is 13.0 Å². The molecule has 166 valence electrons. The fourth-order valence-electron chi connectivity index (χ4n) is 4.61. The number of hydrogen-bond acceptors (Lipinski definition) is 6. The Hall–Kier alpha value is -3.78. The van der Waals surface area contributed by atoms with Gasteiger partial charge in [-0.05, 0) is 30.5 Å². The van der Waals surface area contributed by atoms with Crippen molar-refractivity contribution in [3.8, 4) is 0 Å². The van der Waals surface area contributed by atoms with Gasteiger partial charge in [-0.25, -0.2) is 9.69 Å². The molecule has 1 saturated heterocycles. The zero-order valence-electron chi connectivity index (χ0n) is 17.9. The number of hydrazone groups is 1. The summed E-state index contributed by atoms with van der Waals surface area (Å²) in [6.07, 6.45) is -0.840. The highest BCUT2D eigenvalue weighted by Crippen LogP contribution is 2.51. The standard InChI is InChI=1S/C25H21N3O4S/c1-2-32-24(31)27-21(29)16-19(20-14-9-15-33-20)25(27)22(17-10-5-3-6-11-17)26-28(23(25)30)18-12-7-4-8-13-18/h3-15,19H,2,16H2,1H3/t19-,25+/m0/s1. The van der Waals surface area contributed by atoms with E-state index >= 15 is 0 Å². The normalized spacial score (nSPS) is 22.2. The van der Waals surface area contributed by atoms with Gasteiger partial charge in [-0.3, -0.25) is 9.59 Å². The van der Waals surface area contributed by atoms with E-state index in [1.807, 2.05) is 66.0 Å². The van der Waals surface area contributed by atoms with Crippen molar-refractivity contribution in [2.24, 2.45) is 5.10 Å². The van der Waals surface area contributed by atoms with Crippen molar-refractivity contribution in [2.75, 3.05) is 11.6 Å². The molecule has 8 heteroatoms. The predicted molar refractivity (Wildman–Crippen MR) is 125 cm³/mol. The van der Waals surface area contributed by atoms with E-state index in [0.29, 0.717) is 17.0 Å². The maximum Gasteiger partial charge on any atom is 0.417 e. The molecular weight excluding hydrogens is 438 g/mol. The van der Waals surface area contributed by atoms with Crippen LogP contribution in [0.5, 0.6) is 0 Å². The van der Waals surface area contributed by atoms with Crippen LogP contribution >= 0.6 is 11.3 Å². The Kier molecular flexibility index (Phi) is 5.30. The summed E-state index contributed by atoms with van der Waals surface area (Å²) in [6, 6.07) is 22.0. The molecule has 1 aromatic heterocycles. The summed E-state index contributed by atoms with van der Waals surface area (Å²) in [4.78, 5) is 42.6. The number of imide groups is 1. The number of hydrogen-bond donors (Lipinski definition) is 0. The SMILES string of the molecule is CCOC(=O)N1C(=O)C[C@@H](c2cccs2)[C@@]12C(=O)N(c1ccccc1)N=C2c1ccccc1. The van der Waals surface area contributed by atoms with Crippen molar-refractivity contribution in [3.05, 3.63) is 88.6 Å². The molecule has 7 nitrogen and oxygen atoms in total. The van der Waals surface area contributed by atoms with Crippen LogP contribution in [0.15, 0.2) is 83.3 Å². The van der Waals surface area contributed by atoms with Gasteiger partial charge in [0.1, 0.15) is 5.71 Å². The van der Waals surface area contributed by atoms with Crippen LogP contribution in [0, 0.1) is 0 Å². The molecule has 2 aromatic carbocycles. The number of carbonyl (C=O) groups is 3. The molecule has 0 radical (unpaired) electrons. The lowest BCUT2D eigenvalue weighted by atomic mass is 9.77. The molecule has 1 fully saturated rings. The topological polar surface area (TPSA) is 79.3 Å². The number of nitrogens with zero attached hydrogens (tertiary/aromatic N) is 3. The van der Waals surface area contributed by atoms with Crippen molar-refractivity contribution in [1.29, 1.82) is 0 Å². The van der Waals surface area contributed by atoms with E-state index in [9.17, 15) is 14.4 Å². The molecule has 0 saturated carbocycles. The monoisotopic (exact) mass is 459 g/mol. The number of likely N-dealkylation sites (tertiary alicyclic amines) is 1. The van der Waals surface area contributed by atoms with Crippen LogP contribution in [0.4, 0.5) is 10.5 Å². The highest BCUT2D eigenvalue weighted by molar-refractivity contribution is 7.10. The lowest BCUT2D eigenvalue weighted by Gasteiger charge is -2.36. The van der Waals surface area contributed by atoms with E-state index < -0.39 is 29.4 Å². The zero-order valence-corrected chi connectivity index (χ0v) is 18.7. The van der Waals surface area contributed by atoms with Gasteiger partial charge in [-0.2, -0.15) is 10.1 Å². The molecule has 0 unspecified atom stereocenters. The fraction of sp³-hybridized carbons (Fsp3) is 0.200. The molecule has 2 atom stereocenters. The quantitative estimate of drug-likeness (QED) is 0.579. The van der Waals surface area contributed by atoms with Gasteiger partial charge in [0.25, 0.3) is 5.91 Å². The van der Waals surface area contributed by atoms with Gasteiger partial charge >= 0.3 is 6.09 Å². The lowest BCUT2D eigenvalue weighted by Crippen LogP contribution is -2.61. The second-order valence-corrected chi connectivity index (χ2v) is 8.71. The third kappa shape index (κ3) is 3.17. The Morgan fingerprint density at radius 1 is 1.06 bits per heavy atom. The number of ether oxygens (including phenoxy) is 1. The van der Waals surface area contributed by atoms with Gasteiger partial charge in [0, 0.05) is 22.8 Å². The second kappa shape index (κ2) is 8.29. The minimum Gasteiger partial charge on any atom is -0.449 e. The molecule has 5 rings (SSSR count). The van der Waals surface area contributed by atoms with Crippen LogP contribution in [-0.2, 0) is 14.3 Å². The minimum atomic E-state index is -1.65. The Morgan fingerprint density at radius 2 is 1.76 bits per heavy atom. The average Bonchev–Trinajstić information content (AvgIpc) is 3.54. The third-order valence-electron chi connectivity index (χ3n) is 5.95. The fourth-order valence-corrected chi connectivity index (χ4v) is 5.50. The predicted octanol–water partition coefficient (Wildman–Crippen LogP) is 4.41. The van der Waals surface area contributed by atoms with Gasteiger partial charge in [0.05, 0.1) is 12.3 Å². The Bertz CT molecular complexity index is 1230. The first kappa shape index (κ1) is 21.1. The molecule has 3 heterocycles. The van der Waals surface area contributed by atoms with Crippen LogP contribution in [-0.4, -0.2) is 40.7 Å². The van der Waals surface area contributed by atoms with Crippen molar-refractivity contribution in [3.63, 3.8) is 0 Å². The van der Waals surface area contributed by atoms with Crippen LogP contribution in [0.25, 0.3) is 0 Å². The summed E-state index contributed by atoms with van der Waals surface area (Å²) in [6.45, 7) is 1.75. The molecule has 0 bridgehead atoms. The van der Waals surface area contributed by atoms with Crippen molar-refractivity contribution < 1.29 is 19.1 Å². The summed E-state index contributed by atoms with van der Waals surface area (Å²) in [5.74, 6) is -1.50. The number of carbonyl (C=O) groups excluding carboxylic acids is 3. The molecule has 0 aliphatic carbocycles. The Morgan fingerprint density at radius 3 is 2.39 bits per heavy atom. The molecule has 0 N–H and O–H groups in total. The van der Waals surface area contributed by atoms with E-state index in [2.05, 4.69) is 0 Å². The molecule has 1 spiro atoms. The minimum absolute atomic E-state index is 0.000446. The Labute approximate surface area is 194 Å². The molecule has 33 heavy (non-hydrogen) atoms. The largest absolute Gasteiger partial charge is 0.449 e. The van der Waals surface area contributed by atoms with Gasteiger partial charge in [0.2, 0.25) is 5.91 Å². The third-order valence-corrected chi connectivity index (χ3v) is 6.94. The maximum atomic E-state index is 14.3. The van der Waals surface area contributed by atoms with Gasteiger partial charge in [-0.1, -0.05) is 54.6 Å². The van der Waals surface area contributed by atoms with E-state index in [1.165, 1.54) is 16.3 Å². The second-order valence-electron chi connectivity index (χ2n) is 7.73. The summed E-state index contributed by atoms with van der Waals surface area (Å²) in [5.41, 5.74) is -0.0734. The number of anilines is 1. The smallest absolute Gasteiger partial charge is 0.417 e. The first-order valence-electron chi connectivity index (χ1n) is 10.7. The van der Waals surface area contributed by atoms with E-state index in [0.717, 1.165) is 9.78 Å². The molecule has 3 amide bonds. The summed E-state index contributed by atoms with van der Waals surface area (Å²) < 4.78 is 5.27. The van der Waals surface area contributed by atoms with Crippen LogP contribution in [0.3, 0.4) is 0 Å². The summed E-state index contributed by atoms with van der Waals surface area (Å²) in [5, 5.41) is 7.93. The molecular formula is C25H21N3O4S. The first-order valence-corrected chi connectivity index (χ1v) is 11.5. The van der Waals surface area contributed by atoms with E-state index in [1.54, 1.807) is 19.1 Å². The summed E-state index contributed by atoms with van der Waals surface area (Å²) in [7, 11) is 0. The number of thiophene rings is 1. The molecule has 2 aliphatic heterocycles. The van der Waals surface area contributed by atoms with E-state index in [4.69, 9.17) is 9.84 Å². The van der Waals surface area contributed by atoms with Gasteiger partial charge in [-0.15, -0.1) is 11.3 Å². The number of amides is 3. The maximum absolute atomic E-state index is 14.3. The van der Waals surface area contributed by atoms with Crippen molar-refractivity contribution in [1.82, 2.24) is 4.90 Å². The van der Waals surface area contributed by atoms with Gasteiger partial charge < -0.3 is 4.74 Å². The summed E-state index contributed by atoms with van der Waals surface area (Å²) >= 11 is 1.45. The lowest BCUT2D eigenvalue weighted by molar-refractivity contribution is -0.134. The van der Waals surface area contributed by atoms with Crippen LogP contribution in [0.1, 0.15) is 29.7 Å². The highest BCUT2D eigenvalue weighted by atomic mass is 32.1. The number of para-hydroxylation sites is 1. The molecule has 2 aliphatic rings. The zero-order chi connectivity index (χ0) is 23.0. The van der Waals surface area contributed by atoms with Crippen LogP contribution in [0.2, 0.25) is 0 Å². The van der Waals surface area contributed by atoms with Gasteiger partial charge in [0.15, 0.2) is 5.54 Å². The van der Waals surface area contributed by atoms with Crippen molar-refractivity contribution in [2.45, 2.75) is 24.8 Å². The number of benzene rings is 2. The average molecular weight is 460 g/mol. The first-order chi connectivity index (χ1) is 16.1. The molecule has 3 aromatic rings. The highest BCUT2D eigenvalue weighted by Gasteiger charge is 2.68. The van der Waals surface area contributed by atoms with Crippen molar-refractivity contribution >= 4 is 40.6 Å². The number of rotatable bonds is 4. The Balaban J connectivity index is 1.78. The van der Waals surface area contributed by atoms with Crippen LogP contribution < -0.4 is 5.01 Å².